The molecule has 8 heteroatoms. The number of nitrogens with zero attached hydrogens (tertiary/aromatic N) is 2. The Morgan fingerprint density at radius 1 is 1.42 bits per heavy atom. The number of ether oxygens (including phenoxy) is 1. The summed E-state index contributed by atoms with van der Waals surface area (Å²) < 4.78 is 5.04. The third-order valence-corrected chi connectivity index (χ3v) is 2.26. The Bertz CT molecular complexity index is 526. The van der Waals surface area contributed by atoms with E-state index in [2.05, 4.69) is 0 Å². The first-order valence-corrected chi connectivity index (χ1v) is 5.18. The Hall–Kier alpha value is -2.64. The minimum atomic E-state index is -1.49. The molecule has 0 aliphatic heterocycles. The lowest BCUT2D eigenvalue weighted by atomic mass is 10.1. The first-order chi connectivity index (χ1) is 8.84. The van der Waals surface area contributed by atoms with Gasteiger partial charge in [0.1, 0.15) is 5.75 Å². The van der Waals surface area contributed by atoms with Gasteiger partial charge in [-0.2, -0.15) is 0 Å². The lowest BCUT2D eigenvalue weighted by Crippen LogP contribution is -2.27. The summed E-state index contributed by atoms with van der Waals surface area (Å²) in [4.78, 5) is 33.6. The van der Waals surface area contributed by atoms with Crippen LogP contribution in [0, 0.1) is 10.1 Å². The van der Waals surface area contributed by atoms with Gasteiger partial charge in [0.25, 0.3) is 11.6 Å². The highest BCUT2D eigenvalue weighted by Gasteiger charge is 2.25. The van der Waals surface area contributed by atoms with Crippen molar-refractivity contribution < 1.29 is 24.4 Å². The largest absolute Gasteiger partial charge is 0.483 e. The van der Waals surface area contributed by atoms with Crippen LogP contribution >= 0.6 is 0 Å². The summed E-state index contributed by atoms with van der Waals surface area (Å²) in [6, 6.07) is 3.61. The second-order valence-electron chi connectivity index (χ2n) is 3.79. The van der Waals surface area contributed by atoms with E-state index in [1.165, 1.54) is 31.1 Å². The van der Waals surface area contributed by atoms with Crippen molar-refractivity contribution in [1.82, 2.24) is 4.90 Å². The van der Waals surface area contributed by atoms with E-state index in [4.69, 9.17) is 9.84 Å². The third-order valence-electron chi connectivity index (χ3n) is 2.26. The van der Waals surface area contributed by atoms with E-state index in [0.717, 1.165) is 6.07 Å². The van der Waals surface area contributed by atoms with Gasteiger partial charge in [-0.3, -0.25) is 14.9 Å². The molecular formula is C11H12N2O6. The summed E-state index contributed by atoms with van der Waals surface area (Å²) in [5.74, 6) is -2.08. The maximum Gasteiger partial charge on any atom is 0.346 e. The van der Waals surface area contributed by atoms with Crippen LogP contribution in [0.2, 0.25) is 0 Å². The molecule has 0 fully saturated rings. The molecule has 1 amide bonds. The van der Waals surface area contributed by atoms with E-state index in [1.54, 1.807) is 0 Å². The number of carboxylic acids is 1. The number of carbonyl (C=O) groups excluding carboxylic acids is 1. The molecule has 0 saturated carbocycles. The smallest absolute Gasteiger partial charge is 0.346 e. The van der Waals surface area contributed by atoms with Gasteiger partial charge in [0.15, 0.2) is 12.2 Å². The van der Waals surface area contributed by atoms with Gasteiger partial charge in [0.05, 0.1) is 4.92 Å². The van der Waals surface area contributed by atoms with Gasteiger partial charge in [0, 0.05) is 20.2 Å². The Morgan fingerprint density at radius 2 is 2.05 bits per heavy atom. The number of hydrogen-bond acceptors (Lipinski definition) is 5. The molecule has 1 rings (SSSR count). The van der Waals surface area contributed by atoms with Crippen LogP contribution in [0.3, 0.4) is 0 Å². The summed E-state index contributed by atoms with van der Waals surface area (Å²) in [6.45, 7) is -0.394. The molecular weight excluding hydrogens is 256 g/mol. The van der Waals surface area contributed by atoms with Gasteiger partial charge < -0.3 is 14.7 Å². The Kier molecular flexibility index (Phi) is 4.41. The van der Waals surface area contributed by atoms with Gasteiger partial charge in [-0.15, -0.1) is 0 Å². The van der Waals surface area contributed by atoms with Gasteiger partial charge in [0.2, 0.25) is 0 Å². The fourth-order valence-electron chi connectivity index (χ4n) is 1.28. The number of benzene rings is 1. The maximum absolute atomic E-state index is 11.3. The standard InChI is InChI=1S/C11H12N2O6/c1-12(2)9(14)6-19-8-5-3-4-7(13(17)18)10(8)11(15)16/h3-5H,6H2,1-2H3,(H,15,16). The Balaban J connectivity index is 3.07. The topological polar surface area (TPSA) is 110 Å². The van der Waals surface area contributed by atoms with Crippen molar-refractivity contribution in [2.75, 3.05) is 20.7 Å². The predicted molar refractivity (Wildman–Crippen MR) is 64.2 cm³/mol. The molecule has 0 aliphatic carbocycles. The third kappa shape index (κ3) is 3.41. The van der Waals surface area contributed by atoms with Crippen LogP contribution in [0.4, 0.5) is 5.69 Å². The van der Waals surface area contributed by atoms with E-state index < -0.39 is 28.8 Å². The lowest BCUT2D eigenvalue weighted by Gasteiger charge is -2.12. The summed E-state index contributed by atoms with van der Waals surface area (Å²) in [5, 5.41) is 19.7. The zero-order chi connectivity index (χ0) is 14.6. The van der Waals surface area contributed by atoms with Crippen molar-refractivity contribution >= 4 is 17.6 Å². The Labute approximate surface area is 108 Å². The zero-order valence-corrected chi connectivity index (χ0v) is 10.3. The summed E-state index contributed by atoms with van der Waals surface area (Å²) in [7, 11) is 3.02. The summed E-state index contributed by atoms with van der Waals surface area (Å²) in [6.07, 6.45) is 0. The molecule has 0 unspecified atom stereocenters. The number of amides is 1. The van der Waals surface area contributed by atoms with Crippen LogP contribution < -0.4 is 4.74 Å². The monoisotopic (exact) mass is 268 g/mol. The van der Waals surface area contributed by atoms with Crippen molar-refractivity contribution in [1.29, 1.82) is 0 Å². The fraction of sp³-hybridized carbons (Fsp3) is 0.273. The van der Waals surface area contributed by atoms with Gasteiger partial charge in [-0.1, -0.05) is 6.07 Å². The van der Waals surface area contributed by atoms with Crippen molar-refractivity contribution in [2.24, 2.45) is 0 Å². The molecule has 1 N–H and O–H groups in total. The highest BCUT2D eigenvalue weighted by atomic mass is 16.6. The normalized spacial score (nSPS) is 9.79. The fourth-order valence-corrected chi connectivity index (χ4v) is 1.28. The molecule has 19 heavy (non-hydrogen) atoms. The number of aromatic carboxylic acids is 1. The van der Waals surface area contributed by atoms with E-state index in [9.17, 15) is 19.7 Å². The van der Waals surface area contributed by atoms with Gasteiger partial charge in [-0.05, 0) is 6.07 Å². The molecule has 0 aromatic heterocycles. The SMILES string of the molecule is CN(C)C(=O)COc1cccc([N+](=O)[O-])c1C(=O)O. The minimum absolute atomic E-state index is 0.211. The van der Waals surface area contributed by atoms with E-state index in [0.29, 0.717) is 0 Å². The van der Waals surface area contributed by atoms with E-state index >= 15 is 0 Å². The molecule has 0 spiro atoms. The molecule has 102 valence electrons. The highest BCUT2D eigenvalue weighted by molar-refractivity contribution is 5.95. The number of carboxylic acid groups (broad SMARTS) is 1. The van der Waals surface area contributed by atoms with Crippen LogP contribution in [0.15, 0.2) is 18.2 Å². The molecule has 1 aromatic carbocycles. The van der Waals surface area contributed by atoms with E-state index in [-0.39, 0.29) is 11.7 Å². The van der Waals surface area contributed by atoms with E-state index in [1.807, 2.05) is 0 Å². The highest BCUT2D eigenvalue weighted by Crippen LogP contribution is 2.28. The van der Waals surface area contributed by atoms with Crippen molar-refractivity contribution in [2.45, 2.75) is 0 Å². The molecule has 0 atom stereocenters. The van der Waals surface area contributed by atoms with Crippen molar-refractivity contribution in [3.63, 3.8) is 0 Å². The number of likely N-dealkylation sites (N-methyl/N-ethyl adjacent to an activating group) is 1. The first-order valence-electron chi connectivity index (χ1n) is 5.18. The van der Waals surface area contributed by atoms with Gasteiger partial charge >= 0.3 is 5.97 Å². The minimum Gasteiger partial charge on any atom is -0.483 e. The van der Waals surface area contributed by atoms with Gasteiger partial charge in [-0.25, -0.2) is 4.79 Å². The molecule has 1 aromatic rings. The predicted octanol–water partition coefficient (Wildman–Crippen LogP) is 0.760. The second kappa shape index (κ2) is 5.80. The molecule has 0 aliphatic rings. The number of nitro benzene ring substituents is 1. The van der Waals surface area contributed by atoms with Crippen molar-refractivity contribution in [3.8, 4) is 5.75 Å². The number of carbonyl (C=O) groups is 2. The average Bonchev–Trinajstić information content (AvgIpc) is 2.34. The molecule has 0 saturated heterocycles. The molecule has 0 bridgehead atoms. The number of hydrogen-bond donors (Lipinski definition) is 1. The number of rotatable bonds is 5. The van der Waals surface area contributed by atoms with Crippen LogP contribution in [0.5, 0.6) is 5.75 Å². The van der Waals surface area contributed by atoms with Crippen LogP contribution in [-0.4, -0.2) is 47.5 Å². The summed E-state index contributed by atoms with van der Waals surface area (Å²) >= 11 is 0. The van der Waals surface area contributed by atoms with Crippen LogP contribution in [0.25, 0.3) is 0 Å². The van der Waals surface area contributed by atoms with Crippen LogP contribution in [0.1, 0.15) is 10.4 Å². The maximum atomic E-state index is 11.3. The first kappa shape index (κ1) is 14.4. The molecule has 8 nitrogen and oxygen atoms in total. The summed E-state index contributed by atoms with van der Waals surface area (Å²) in [5.41, 5.74) is -1.15. The second-order valence-corrected chi connectivity index (χ2v) is 3.79. The number of nitro groups is 1. The van der Waals surface area contributed by atoms with Crippen LogP contribution in [-0.2, 0) is 4.79 Å². The molecule has 0 heterocycles. The lowest BCUT2D eigenvalue weighted by molar-refractivity contribution is -0.385. The quantitative estimate of drug-likeness (QED) is 0.623. The zero-order valence-electron chi connectivity index (χ0n) is 10.3. The Morgan fingerprint density at radius 3 is 2.53 bits per heavy atom. The molecule has 0 radical (unpaired) electrons. The van der Waals surface area contributed by atoms with Crippen molar-refractivity contribution in [3.05, 3.63) is 33.9 Å². The average molecular weight is 268 g/mol.